The summed E-state index contributed by atoms with van der Waals surface area (Å²) in [6.07, 6.45) is 1.41. The van der Waals surface area contributed by atoms with Crippen molar-refractivity contribution in [2.24, 2.45) is 5.73 Å². The molecule has 19 heavy (non-hydrogen) atoms. The smallest absolute Gasteiger partial charge is 0.258 e. The van der Waals surface area contributed by atoms with Gasteiger partial charge in [-0.15, -0.1) is 11.3 Å². The molecule has 0 fully saturated rings. The van der Waals surface area contributed by atoms with Gasteiger partial charge in [0, 0.05) is 23.2 Å². The number of nitrogens with two attached hydrogens (primary N) is 1. The van der Waals surface area contributed by atoms with Crippen LogP contribution in [0.15, 0.2) is 16.6 Å². The number of aromatic amines is 1. The monoisotopic (exact) mass is 301 g/mol. The van der Waals surface area contributed by atoms with E-state index in [1.807, 2.05) is 12.3 Å². The first-order valence-corrected chi connectivity index (χ1v) is 7.97. The van der Waals surface area contributed by atoms with Gasteiger partial charge >= 0.3 is 0 Å². The van der Waals surface area contributed by atoms with Crippen LogP contribution in [0.4, 0.5) is 0 Å². The molecule has 0 aromatic carbocycles. The summed E-state index contributed by atoms with van der Waals surface area (Å²) in [6, 6.07) is -0.405. The molecule has 1 unspecified atom stereocenters. The minimum atomic E-state index is -3.68. The largest absolute Gasteiger partial charge is 0.326 e. The molecule has 0 bridgehead atoms. The van der Waals surface area contributed by atoms with Gasteiger partial charge in [-0.05, 0) is 13.8 Å². The first-order valence-electron chi connectivity index (χ1n) is 5.60. The van der Waals surface area contributed by atoms with Crippen molar-refractivity contribution in [3.63, 3.8) is 0 Å². The molecule has 0 spiro atoms. The van der Waals surface area contributed by atoms with Crippen LogP contribution in [0.5, 0.6) is 0 Å². The summed E-state index contributed by atoms with van der Waals surface area (Å²) in [7, 11) is -3.68. The average Bonchev–Trinajstić information content (AvgIpc) is 2.96. The molecule has 0 radical (unpaired) electrons. The number of nitrogens with zero attached hydrogens (tertiary/aromatic N) is 2. The standard InChI is InChI=1S/C10H15N5O2S2/c1-6-5-18-9(13-6)7(2)15-19(16,17)10-8(3-11)4-12-14-10/h4-5,7,15H,3,11H2,1-2H3,(H,12,14). The zero-order valence-electron chi connectivity index (χ0n) is 10.5. The molecular weight excluding hydrogens is 286 g/mol. The molecule has 104 valence electrons. The Bertz CT molecular complexity index is 661. The molecule has 0 saturated carbocycles. The SMILES string of the molecule is Cc1csc(C(C)NS(=O)(=O)c2[nH]ncc2CN)n1. The van der Waals surface area contributed by atoms with Gasteiger partial charge in [0.2, 0.25) is 0 Å². The highest BCUT2D eigenvalue weighted by Crippen LogP contribution is 2.20. The van der Waals surface area contributed by atoms with Crippen LogP contribution in [0.1, 0.15) is 29.2 Å². The molecular formula is C10H15N5O2S2. The number of H-pyrrole nitrogens is 1. The molecule has 0 aliphatic carbocycles. The first-order chi connectivity index (χ1) is 8.94. The molecule has 9 heteroatoms. The molecule has 0 aliphatic rings. The molecule has 2 rings (SSSR count). The van der Waals surface area contributed by atoms with Crippen molar-refractivity contribution < 1.29 is 8.42 Å². The van der Waals surface area contributed by atoms with Crippen LogP contribution >= 0.6 is 11.3 Å². The van der Waals surface area contributed by atoms with E-state index in [9.17, 15) is 8.42 Å². The van der Waals surface area contributed by atoms with E-state index in [2.05, 4.69) is 19.9 Å². The fourth-order valence-electron chi connectivity index (χ4n) is 1.59. The van der Waals surface area contributed by atoms with Crippen LogP contribution in [-0.2, 0) is 16.6 Å². The fourth-order valence-corrected chi connectivity index (χ4v) is 3.82. The van der Waals surface area contributed by atoms with Gasteiger partial charge in [0.25, 0.3) is 10.0 Å². The van der Waals surface area contributed by atoms with Crippen molar-refractivity contribution in [1.29, 1.82) is 0 Å². The van der Waals surface area contributed by atoms with E-state index in [1.165, 1.54) is 17.5 Å². The van der Waals surface area contributed by atoms with Crippen molar-refractivity contribution in [3.05, 3.63) is 27.8 Å². The van der Waals surface area contributed by atoms with Crippen molar-refractivity contribution in [1.82, 2.24) is 19.9 Å². The summed E-state index contributed by atoms with van der Waals surface area (Å²) < 4.78 is 27.0. The van der Waals surface area contributed by atoms with Crippen molar-refractivity contribution in [3.8, 4) is 0 Å². The van der Waals surface area contributed by atoms with E-state index < -0.39 is 16.1 Å². The van der Waals surface area contributed by atoms with Crippen LogP contribution in [0.2, 0.25) is 0 Å². The number of sulfonamides is 1. The molecule has 4 N–H and O–H groups in total. The van der Waals surface area contributed by atoms with Crippen molar-refractivity contribution >= 4 is 21.4 Å². The Hall–Kier alpha value is -1.29. The third-order valence-electron chi connectivity index (χ3n) is 2.51. The molecule has 0 amide bonds. The van der Waals surface area contributed by atoms with E-state index in [1.54, 1.807) is 6.92 Å². The Morgan fingerprint density at radius 2 is 2.32 bits per heavy atom. The molecule has 2 aromatic heterocycles. The lowest BCUT2D eigenvalue weighted by Crippen LogP contribution is -2.28. The third kappa shape index (κ3) is 3.00. The Morgan fingerprint density at radius 1 is 1.58 bits per heavy atom. The number of thiazole rings is 1. The third-order valence-corrected chi connectivity index (χ3v) is 5.21. The minimum Gasteiger partial charge on any atom is -0.326 e. The zero-order chi connectivity index (χ0) is 14.0. The fraction of sp³-hybridized carbons (Fsp3) is 0.400. The highest BCUT2D eigenvalue weighted by atomic mass is 32.2. The Morgan fingerprint density at radius 3 is 2.89 bits per heavy atom. The number of aryl methyl sites for hydroxylation is 1. The van der Waals surface area contributed by atoms with E-state index in [0.717, 1.165) is 10.7 Å². The molecule has 0 aliphatic heterocycles. The van der Waals surface area contributed by atoms with Gasteiger partial charge in [0.1, 0.15) is 5.01 Å². The molecule has 7 nitrogen and oxygen atoms in total. The molecule has 2 aromatic rings. The van der Waals surface area contributed by atoms with Gasteiger partial charge in [-0.2, -0.15) is 5.10 Å². The Kier molecular flexibility index (Phi) is 3.99. The second-order valence-corrected chi connectivity index (χ2v) is 6.64. The highest BCUT2D eigenvalue weighted by molar-refractivity contribution is 7.89. The topological polar surface area (TPSA) is 114 Å². The number of hydrogen-bond donors (Lipinski definition) is 3. The van der Waals surface area contributed by atoms with Crippen LogP contribution in [0, 0.1) is 6.92 Å². The van der Waals surface area contributed by atoms with Crippen LogP contribution in [-0.4, -0.2) is 23.6 Å². The lowest BCUT2D eigenvalue weighted by molar-refractivity contribution is 0.560. The lowest BCUT2D eigenvalue weighted by atomic mass is 10.4. The Labute approximate surface area is 115 Å². The predicted molar refractivity (Wildman–Crippen MR) is 72.1 cm³/mol. The lowest BCUT2D eigenvalue weighted by Gasteiger charge is -2.11. The van der Waals surface area contributed by atoms with Gasteiger partial charge in [-0.3, -0.25) is 5.10 Å². The zero-order valence-corrected chi connectivity index (χ0v) is 12.2. The maximum atomic E-state index is 12.2. The normalized spacial score (nSPS) is 13.6. The quantitative estimate of drug-likeness (QED) is 0.751. The van der Waals surface area contributed by atoms with Gasteiger partial charge in [0.05, 0.1) is 12.2 Å². The summed E-state index contributed by atoms with van der Waals surface area (Å²) >= 11 is 1.42. The molecule has 0 saturated heterocycles. The summed E-state index contributed by atoms with van der Waals surface area (Å²) in [5, 5.41) is 8.77. The number of rotatable bonds is 5. The van der Waals surface area contributed by atoms with E-state index in [4.69, 9.17) is 5.73 Å². The van der Waals surface area contributed by atoms with Crippen LogP contribution in [0.3, 0.4) is 0 Å². The minimum absolute atomic E-state index is 0.00938. The van der Waals surface area contributed by atoms with Crippen LogP contribution in [0.25, 0.3) is 0 Å². The van der Waals surface area contributed by atoms with Crippen molar-refractivity contribution in [2.45, 2.75) is 31.5 Å². The van der Waals surface area contributed by atoms with E-state index in [0.29, 0.717) is 5.56 Å². The molecule has 1 atom stereocenters. The average molecular weight is 301 g/mol. The summed E-state index contributed by atoms with van der Waals surface area (Å²) in [5.41, 5.74) is 6.80. The summed E-state index contributed by atoms with van der Waals surface area (Å²) in [6.45, 7) is 3.72. The van der Waals surface area contributed by atoms with E-state index in [-0.39, 0.29) is 11.6 Å². The second-order valence-electron chi connectivity index (χ2n) is 4.10. The van der Waals surface area contributed by atoms with Gasteiger partial charge < -0.3 is 5.73 Å². The second kappa shape index (κ2) is 5.37. The predicted octanol–water partition coefficient (Wildman–Crippen LogP) is 0.673. The maximum Gasteiger partial charge on any atom is 0.258 e. The van der Waals surface area contributed by atoms with Gasteiger partial charge in [0.15, 0.2) is 5.03 Å². The summed E-state index contributed by atoms with van der Waals surface area (Å²) in [5.74, 6) is 0. The molecule has 2 heterocycles. The number of hydrogen-bond acceptors (Lipinski definition) is 6. The summed E-state index contributed by atoms with van der Waals surface area (Å²) in [4.78, 5) is 4.26. The van der Waals surface area contributed by atoms with Gasteiger partial charge in [-0.25, -0.2) is 18.1 Å². The highest BCUT2D eigenvalue weighted by Gasteiger charge is 2.24. The van der Waals surface area contributed by atoms with Crippen LogP contribution < -0.4 is 10.5 Å². The first kappa shape index (κ1) is 14.1. The van der Waals surface area contributed by atoms with Crippen molar-refractivity contribution in [2.75, 3.05) is 0 Å². The maximum absolute atomic E-state index is 12.2. The number of aromatic nitrogens is 3. The van der Waals surface area contributed by atoms with E-state index >= 15 is 0 Å². The number of nitrogens with one attached hydrogen (secondary N) is 2. The Balaban J connectivity index is 2.22. The van der Waals surface area contributed by atoms with Gasteiger partial charge in [-0.1, -0.05) is 0 Å².